The molecule has 90 valence electrons. The zero-order valence-electron chi connectivity index (χ0n) is 9.83. The van der Waals surface area contributed by atoms with Gasteiger partial charge in [0, 0.05) is 12.1 Å². The van der Waals surface area contributed by atoms with Crippen LogP contribution >= 0.6 is 0 Å². The summed E-state index contributed by atoms with van der Waals surface area (Å²) < 4.78 is 0. The van der Waals surface area contributed by atoms with Gasteiger partial charge in [-0.3, -0.25) is 0 Å². The zero-order valence-corrected chi connectivity index (χ0v) is 9.83. The molecule has 0 spiro atoms. The fourth-order valence-electron chi connectivity index (χ4n) is 2.70. The van der Waals surface area contributed by atoms with Crippen LogP contribution in [0.15, 0.2) is 11.1 Å². The van der Waals surface area contributed by atoms with Crippen molar-refractivity contribution in [2.75, 3.05) is 33.2 Å². The predicted molar refractivity (Wildman–Crippen MR) is 62.4 cm³/mol. The van der Waals surface area contributed by atoms with E-state index in [0.29, 0.717) is 17.9 Å². The van der Waals surface area contributed by atoms with E-state index in [1.165, 1.54) is 0 Å². The van der Waals surface area contributed by atoms with Crippen LogP contribution in [0.5, 0.6) is 0 Å². The lowest BCUT2D eigenvalue weighted by molar-refractivity contribution is -0.133. The molecule has 2 aliphatic rings. The highest BCUT2D eigenvalue weighted by atomic mass is 16.4. The van der Waals surface area contributed by atoms with Gasteiger partial charge in [-0.25, -0.2) is 4.79 Å². The number of carbonyl (C=O) groups is 1. The molecule has 16 heavy (non-hydrogen) atoms. The number of nitrogens with zero attached hydrogens (tertiary/aromatic N) is 1. The Balaban J connectivity index is 2.13. The topological polar surface area (TPSA) is 52.6 Å². The number of carboxylic acid groups (broad SMARTS) is 1. The molecule has 2 rings (SSSR count). The molecule has 0 radical (unpaired) electrons. The molecule has 0 aromatic carbocycles. The number of aliphatic carboxylic acids is 1. The maximum Gasteiger partial charge on any atom is 0.331 e. The summed E-state index contributed by atoms with van der Waals surface area (Å²) in [6.45, 7) is 3.75. The summed E-state index contributed by atoms with van der Waals surface area (Å²) in [5.74, 6) is -0.231. The Bertz CT molecular complexity index is 304. The van der Waals surface area contributed by atoms with E-state index in [-0.39, 0.29) is 0 Å². The van der Waals surface area contributed by atoms with E-state index in [1.54, 1.807) is 0 Å². The van der Waals surface area contributed by atoms with E-state index in [9.17, 15) is 9.90 Å². The molecule has 0 amide bonds. The van der Waals surface area contributed by atoms with Gasteiger partial charge in [-0.15, -0.1) is 0 Å². The Hall–Kier alpha value is -0.870. The molecule has 0 unspecified atom stereocenters. The van der Waals surface area contributed by atoms with Crippen molar-refractivity contribution in [1.29, 1.82) is 0 Å². The van der Waals surface area contributed by atoms with Crippen molar-refractivity contribution >= 4 is 5.97 Å². The normalized spacial score (nSPS) is 24.8. The largest absolute Gasteiger partial charge is 0.478 e. The maximum atomic E-state index is 11.2. The van der Waals surface area contributed by atoms with Crippen LogP contribution in [0.25, 0.3) is 0 Å². The number of piperidine rings is 1. The number of nitrogens with one attached hydrogen (secondary N) is 1. The molecule has 0 atom stereocenters. The Morgan fingerprint density at radius 1 is 1.44 bits per heavy atom. The van der Waals surface area contributed by atoms with Crippen molar-refractivity contribution in [2.24, 2.45) is 5.92 Å². The maximum absolute atomic E-state index is 11.2. The number of rotatable bonds is 2. The first-order valence-electron chi connectivity index (χ1n) is 6.03. The second-order valence-corrected chi connectivity index (χ2v) is 4.81. The third kappa shape index (κ3) is 2.44. The van der Waals surface area contributed by atoms with E-state index in [4.69, 9.17) is 0 Å². The third-order valence-electron chi connectivity index (χ3n) is 3.72. The summed E-state index contributed by atoms with van der Waals surface area (Å²) >= 11 is 0. The van der Waals surface area contributed by atoms with Gasteiger partial charge in [0.05, 0.1) is 0 Å². The molecule has 4 heteroatoms. The molecule has 2 N–H and O–H groups in total. The number of hydrogen-bond donors (Lipinski definition) is 2. The summed E-state index contributed by atoms with van der Waals surface area (Å²) in [4.78, 5) is 13.5. The van der Waals surface area contributed by atoms with Crippen molar-refractivity contribution in [3.8, 4) is 0 Å². The molecule has 0 bridgehead atoms. The molecular weight excluding hydrogens is 204 g/mol. The zero-order chi connectivity index (χ0) is 11.5. The quantitative estimate of drug-likeness (QED) is 0.725. The highest BCUT2D eigenvalue weighted by Crippen LogP contribution is 2.28. The minimum atomic E-state index is -0.713. The second-order valence-electron chi connectivity index (χ2n) is 4.81. The molecule has 0 aromatic heterocycles. The SMILES string of the molecule is CN1CCC(C2=C(C(=O)O)CCNC2)CC1. The van der Waals surface area contributed by atoms with Crippen molar-refractivity contribution < 1.29 is 9.90 Å². The lowest BCUT2D eigenvalue weighted by Gasteiger charge is -2.33. The van der Waals surface area contributed by atoms with Crippen molar-refractivity contribution in [1.82, 2.24) is 10.2 Å². The van der Waals surface area contributed by atoms with Gasteiger partial charge in [0.2, 0.25) is 0 Å². The first-order chi connectivity index (χ1) is 7.68. The fraction of sp³-hybridized carbons (Fsp3) is 0.750. The summed E-state index contributed by atoms with van der Waals surface area (Å²) in [7, 11) is 2.13. The van der Waals surface area contributed by atoms with Crippen LogP contribution in [0.3, 0.4) is 0 Å². The minimum Gasteiger partial charge on any atom is -0.478 e. The van der Waals surface area contributed by atoms with Crippen LogP contribution < -0.4 is 5.32 Å². The van der Waals surface area contributed by atoms with Crippen LogP contribution in [0.2, 0.25) is 0 Å². The summed E-state index contributed by atoms with van der Waals surface area (Å²) in [6.07, 6.45) is 2.88. The summed E-state index contributed by atoms with van der Waals surface area (Å²) in [5, 5.41) is 12.5. The van der Waals surface area contributed by atoms with Crippen LogP contribution in [0.1, 0.15) is 19.3 Å². The van der Waals surface area contributed by atoms with Gasteiger partial charge in [-0.05, 0) is 57.4 Å². The fourth-order valence-corrected chi connectivity index (χ4v) is 2.70. The van der Waals surface area contributed by atoms with Crippen molar-refractivity contribution in [3.63, 3.8) is 0 Å². The predicted octanol–water partition coefficient (Wildman–Crippen LogP) is 0.703. The van der Waals surface area contributed by atoms with Crippen LogP contribution in [0, 0.1) is 5.92 Å². The van der Waals surface area contributed by atoms with E-state index in [2.05, 4.69) is 17.3 Å². The molecule has 2 aliphatic heterocycles. The first kappa shape index (κ1) is 11.6. The molecule has 0 saturated carbocycles. The van der Waals surface area contributed by atoms with Gasteiger partial charge >= 0.3 is 5.97 Å². The Labute approximate surface area is 96.3 Å². The van der Waals surface area contributed by atoms with Gasteiger partial charge in [0.25, 0.3) is 0 Å². The highest BCUT2D eigenvalue weighted by Gasteiger charge is 2.26. The van der Waals surface area contributed by atoms with Gasteiger partial charge in [0.15, 0.2) is 0 Å². The molecule has 0 aromatic rings. The van der Waals surface area contributed by atoms with E-state index in [1.807, 2.05) is 0 Å². The molecule has 2 heterocycles. The number of carboxylic acids is 1. The minimum absolute atomic E-state index is 0.482. The van der Waals surface area contributed by atoms with Gasteiger partial charge in [0.1, 0.15) is 0 Å². The lowest BCUT2D eigenvalue weighted by Crippen LogP contribution is -2.36. The van der Waals surface area contributed by atoms with Gasteiger partial charge in [-0.2, -0.15) is 0 Å². The van der Waals surface area contributed by atoms with E-state index in [0.717, 1.165) is 44.6 Å². The lowest BCUT2D eigenvalue weighted by atomic mass is 9.84. The monoisotopic (exact) mass is 224 g/mol. The smallest absolute Gasteiger partial charge is 0.331 e. The molecular formula is C12H20N2O2. The Kier molecular flexibility index (Phi) is 3.61. The average molecular weight is 224 g/mol. The second kappa shape index (κ2) is 4.97. The molecule has 1 fully saturated rings. The first-order valence-corrected chi connectivity index (χ1v) is 6.03. The van der Waals surface area contributed by atoms with Gasteiger partial charge in [-0.1, -0.05) is 0 Å². The van der Waals surface area contributed by atoms with Gasteiger partial charge < -0.3 is 15.3 Å². The molecule has 1 saturated heterocycles. The Morgan fingerprint density at radius 3 is 2.75 bits per heavy atom. The average Bonchev–Trinajstić information content (AvgIpc) is 2.30. The number of hydrogen-bond acceptors (Lipinski definition) is 3. The van der Waals surface area contributed by atoms with Crippen LogP contribution in [-0.4, -0.2) is 49.2 Å². The molecule has 0 aliphatic carbocycles. The highest BCUT2D eigenvalue weighted by molar-refractivity contribution is 5.88. The van der Waals surface area contributed by atoms with Crippen LogP contribution in [-0.2, 0) is 4.79 Å². The third-order valence-corrected chi connectivity index (χ3v) is 3.72. The summed E-state index contributed by atoms with van der Waals surface area (Å²) in [6, 6.07) is 0. The Morgan fingerprint density at radius 2 is 2.12 bits per heavy atom. The standard InChI is InChI=1S/C12H20N2O2/c1-14-6-3-9(4-7-14)11-8-13-5-2-10(11)12(15)16/h9,13H,2-8H2,1H3,(H,15,16). The van der Waals surface area contributed by atoms with E-state index < -0.39 is 5.97 Å². The van der Waals surface area contributed by atoms with Crippen LogP contribution in [0.4, 0.5) is 0 Å². The van der Waals surface area contributed by atoms with Crippen molar-refractivity contribution in [3.05, 3.63) is 11.1 Å². The summed E-state index contributed by atoms with van der Waals surface area (Å²) in [5.41, 5.74) is 1.83. The molecule has 4 nitrogen and oxygen atoms in total. The van der Waals surface area contributed by atoms with Crippen molar-refractivity contribution in [2.45, 2.75) is 19.3 Å². The van der Waals surface area contributed by atoms with E-state index >= 15 is 0 Å². The number of likely N-dealkylation sites (tertiary alicyclic amines) is 1.